The number of rotatable bonds is 5. The minimum absolute atomic E-state index is 0.0846. The van der Waals surface area contributed by atoms with Gasteiger partial charge in [-0.3, -0.25) is 0 Å². The summed E-state index contributed by atoms with van der Waals surface area (Å²) in [4.78, 5) is 8.89. The molecule has 0 aliphatic carbocycles. The molecule has 0 bridgehead atoms. The summed E-state index contributed by atoms with van der Waals surface area (Å²) in [5.41, 5.74) is 1.60. The summed E-state index contributed by atoms with van der Waals surface area (Å²) < 4.78 is 27.6. The van der Waals surface area contributed by atoms with Crippen molar-refractivity contribution >= 4 is 11.5 Å². The molecule has 0 saturated carbocycles. The molecule has 1 unspecified atom stereocenters. The molecule has 3 aromatic rings. The van der Waals surface area contributed by atoms with Gasteiger partial charge < -0.3 is 20.1 Å². The summed E-state index contributed by atoms with van der Waals surface area (Å²) in [5, 5.41) is 20.9. The highest BCUT2D eigenvalue weighted by atomic mass is 19.1. The smallest absolute Gasteiger partial charge is 0.157 e. The van der Waals surface area contributed by atoms with Gasteiger partial charge in [-0.15, -0.1) is 0 Å². The van der Waals surface area contributed by atoms with E-state index in [0.29, 0.717) is 36.1 Å². The van der Waals surface area contributed by atoms with Crippen LogP contribution in [0, 0.1) is 17.1 Å². The topological polar surface area (TPSA) is 109 Å². The van der Waals surface area contributed by atoms with Crippen molar-refractivity contribution < 1.29 is 13.9 Å². The number of ether oxygens (including phenoxy) is 2. The van der Waals surface area contributed by atoms with Gasteiger partial charge in [0.25, 0.3) is 0 Å². The molecule has 0 radical (unpaired) electrons. The first-order chi connectivity index (χ1) is 15.5. The Labute approximate surface area is 184 Å². The number of fused-ring (bicyclic) bond motifs is 1. The van der Waals surface area contributed by atoms with Crippen molar-refractivity contribution in [3.63, 3.8) is 0 Å². The Kier molecular flexibility index (Phi) is 5.15. The van der Waals surface area contributed by atoms with Crippen LogP contribution in [0.1, 0.15) is 31.0 Å². The van der Waals surface area contributed by atoms with Crippen molar-refractivity contribution in [3.05, 3.63) is 35.4 Å². The minimum Gasteiger partial charge on any atom is -0.495 e. The molecule has 9 nitrogen and oxygen atoms in total. The van der Waals surface area contributed by atoms with E-state index in [2.05, 4.69) is 20.6 Å². The van der Waals surface area contributed by atoms with Gasteiger partial charge in [0.1, 0.15) is 34.7 Å². The molecule has 1 atom stereocenters. The van der Waals surface area contributed by atoms with Crippen LogP contribution in [-0.2, 0) is 10.2 Å². The third kappa shape index (κ3) is 3.43. The van der Waals surface area contributed by atoms with E-state index in [1.54, 1.807) is 17.7 Å². The van der Waals surface area contributed by atoms with Gasteiger partial charge >= 0.3 is 0 Å². The van der Waals surface area contributed by atoms with Crippen molar-refractivity contribution in [1.29, 1.82) is 5.26 Å². The molecule has 0 aromatic carbocycles. The van der Waals surface area contributed by atoms with E-state index in [-0.39, 0.29) is 22.7 Å². The lowest BCUT2D eigenvalue weighted by Gasteiger charge is -2.37. The molecule has 5 rings (SSSR count). The average Bonchev–Trinajstić information content (AvgIpc) is 3.20. The zero-order valence-corrected chi connectivity index (χ0v) is 18.0. The normalized spacial score (nSPS) is 19.9. The van der Waals surface area contributed by atoms with E-state index in [1.807, 2.05) is 13.0 Å². The number of hydrogen-bond donors (Lipinski definition) is 2. The Morgan fingerprint density at radius 3 is 2.91 bits per heavy atom. The molecule has 32 heavy (non-hydrogen) atoms. The number of pyridine rings is 1. The third-order valence-corrected chi connectivity index (χ3v) is 6.07. The number of imidazole rings is 1. The largest absolute Gasteiger partial charge is 0.495 e. The summed E-state index contributed by atoms with van der Waals surface area (Å²) in [5.74, 6) is 0.370. The van der Waals surface area contributed by atoms with Gasteiger partial charge in [-0.1, -0.05) is 0 Å². The molecule has 2 aliphatic rings. The van der Waals surface area contributed by atoms with Crippen LogP contribution >= 0.6 is 0 Å². The molecule has 3 aromatic heterocycles. The second-order valence-corrected chi connectivity index (χ2v) is 8.54. The number of piperidine rings is 1. The van der Waals surface area contributed by atoms with Gasteiger partial charge in [-0.05, 0) is 32.4 Å². The molecule has 2 fully saturated rings. The highest BCUT2D eigenvalue weighted by molar-refractivity contribution is 5.66. The van der Waals surface area contributed by atoms with Crippen molar-refractivity contribution in [2.45, 2.75) is 31.2 Å². The molecular weight excluding hydrogens is 413 g/mol. The van der Waals surface area contributed by atoms with Crippen LogP contribution in [0.5, 0.6) is 5.75 Å². The van der Waals surface area contributed by atoms with Crippen LogP contribution in [0.25, 0.3) is 17.0 Å². The lowest BCUT2D eigenvalue weighted by molar-refractivity contribution is -0.0535. The second-order valence-electron chi connectivity index (χ2n) is 8.54. The van der Waals surface area contributed by atoms with E-state index in [1.165, 1.54) is 12.3 Å². The lowest BCUT2D eigenvalue weighted by Crippen LogP contribution is -2.45. The number of nitrogens with zero attached hydrogens (tertiary/aromatic N) is 5. The highest BCUT2D eigenvalue weighted by Crippen LogP contribution is 2.37. The van der Waals surface area contributed by atoms with Gasteiger partial charge in [-0.2, -0.15) is 10.4 Å². The summed E-state index contributed by atoms with van der Waals surface area (Å²) >= 11 is 0. The fourth-order valence-electron chi connectivity index (χ4n) is 4.21. The fraction of sp³-hybridized carbons (Fsp3) is 0.455. The van der Waals surface area contributed by atoms with Gasteiger partial charge in [0.05, 0.1) is 37.5 Å². The Balaban J connectivity index is 1.61. The van der Waals surface area contributed by atoms with Crippen molar-refractivity contribution in [3.8, 4) is 23.2 Å². The molecule has 5 heterocycles. The van der Waals surface area contributed by atoms with E-state index in [0.717, 1.165) is 31.6 Å². The predicted molar refractivity (Wildman–Crippen MR) is 115 cm³/mol. The highest BCUT2D eigenvalue weighted by Gasteiger charge is 2.40. The van der Waals surface area contributed by atoms with Gasteiger partial charge in [0, 0.05) is 18.7 Å². The minimum atomic E-state index is -0.604. The van der Waals surface area contributed by atoms with Gasteiger partial charge in [0.2, 0.25) is 0 Å². The van der Waals surface area contributed by atoms with Crippen LogP contribution < -0.4 is 15.4 Å². The van der Waals surface area contributed by atoms with Gasteiger partial charge in [-0.25, -0.2) is 18.9 Å². The molecule has 0 amide bonds. The van der Waals surface area contributed by atoms with Crippen LogP contribution in [0.3, 0.4) is 0 Å². The molecule has 0 spiro atoms. The molecule has 2 N–H and O–H groups in total. The molecule has 166 valence electrons. The zero-order valence-electron chi connectivity index (χ0n) is 18.0. The maximum absolute atomic E-state index is 15.1. The van der Waals surface area contributed by atoms with Crippen LogP contribution in [0.2, 0.25) is 0 Å². The third-order valence-electron chi connectivity index (χ3n) is 6.07. The molecule has 2 aliphatic heterocycles. The van der Waals surface area contributed by atoms with Crippen molar-refractivity contribution in [1.82, 2.24) is 24.9 Å². The first-order valence-electron chi connectivity index (χ1n) is 10.6. The Bertz CT molecular complexity index is 1210. The Morgan fingerprint density at radius 1 is 1.41 bits per heavy atom. The van der Waals surface area contributed by atoms with E-state index in [9.17, 15) is 5.26 Å². The average molecular weight is 437 g/mol. The second kappa shape index (κ2) is 8.00. The summed E-state index contributed by atoms with van der Waals surface area (Å²) in [7, 11) is 1.59. The maximum atomic E-state index is 15.1. The van der Waals surface area contributed by atoms with E-state index in [4.69, 9.17) is 14.6 Å². The monoisotopic (exact) mass is 437 g/mol. The standard InChI is InChI=1S/C22H24FN7O2/c1-22(11-32-12-22)20-17(31-2)7-18-26-10-16(30(18)29-20)19-15(23)6-13(8-24)21(28-19)27-14-4-3-5-25-9-14/h6-7,10,14,25H,3-5,9,11-12H2,1-2H3,(H,27,28). The van der Waals surface area contributed by atoms with Crippen molar-refractivity contribution in [2.75, 3.05) is 38.7 Å². The molecular formula is C22H24FN7O2. The number of nitriles is 1. The first kappa shape index (κ1) is 20.6. The van der Waals surface area contributed by atoms with Crippen LogP contribution in [-0.4, -0.2) is 59.0 Å². The van der Waals surface area contributed by atoms with Crippen LogP contribution in [0.4, 0.5) is 10.2 Å². The number of methoxy groups -OCH3 is 1. The Morgan fingerprint density at radius 2 is 2.25 bits per heavy atom. The lowest BCUT2D eigenvalue weighted by atomic mass is 9.84. The molecule has 2 saturated heterocycles. The Hall–Kier alpha value is -3.29. The van der Waals surface area contributed by atoms with Crippen molar-refractivity contribution in [2.24, 2.45) is 0 Å². The molecule has 10 heteroatoms. The van der Waals surface area contributed by atoms with E-state index < -0.39 is 5.82 Å². The predicted octanol–water partition coefficient (Wildman–Crippen LogP) is 2.26. The van der Waals surface area contributed by atoms with Crippen LogP contribution in [0.15, 0.2) is 18.3 Å². The number of halogens is 1. The number of hydrogen-bond acceptors (Lipinski definition) is 8. The SMILES string of the molecule is COc1cc2ncc(-c3nc(NC4CCCNC4)c(C#N)cc3F)n2nc1C1(C)COC1. The number of aromatic nitrogens is 4. The first-order valence-corrected chi connectivity index (χ1v) is 10.6. The number of anilines is 1. The summed E-state index contributed by atoms with van der Waals surface area (Å²) in [6.07, 6.45) is 3.51. The number of nitrogens with one attached hydrogen (secondary N) is 2. The summed E-state index contributed by atoms with van der Waals surface area (Å²) in [6, 6.07) is 5.16. The fourth-order valence-corrected chi connectivity index (χ4v) is 4.21. The summed E-state index contributed by atoms with van der Waals surface area (Å²) in [6.45, 7) is 4.83. The van der Waals surface area contributed by atoms with Gasteiger partial charge in [0.15, 0.2) is 11.5 Å². The quantitative estimate of drug-likeness (QED) is 0.626. The maximum Gasteiger partial charge on any atom is 0.157 e. The zero-order chi connectivity index (χ0) is 22.3. The van der Waals surface area contributed by atoms with E-state index >= 15 is 4.39 Å².